The Morgan fingerprint density at radius 2 is 1.89 bits per heavy atom. The van der Waals surface area contributed by atoms with Crippen LogP contribution >= 0.6 is 25.3 Å². The molecule has 0 spiro atoms. The van der Waals surface area contributed by atoms with E-state index in [1.165, 1.54) is 25.7 Å². The summed E-state index contributed by atoms with van der Waals surface area (Å²) in [5, 5.41) is 0. The predicted octanol–water partition coefficient (Wildman–Crippen LogP) is 1.45. The van der Waals surface area contributed by atoms with Crippen LogP contribution in [0.5, 0.6) is 0 Å². The van der Waals surface area contributed by atoms with Gasteiger partial charge < -0.3 is 0 Å². The monoisotopic (exact) mass is 180 g/mol. The SMILES string of the molecule is CCCCCC([SiH3])(S)S. The topological polar surface area (TPSA) is 0 Å². The number of thiol groups is 2. The number of rotatable bonds is 4. The van der Waals surface area contributed by atoms with Gasteiger partial charge >= 0.3 is 0 Å². The lowest BCUT2D eigenvalue weighted by Gasteiger charge is -2.14. The molecule has 0 aliphatic heterocycles. The molecule has 0 fully saturated rings. The maximum Gasteiger partial charge on any atom is 0.0369 e. The molecule has 0 aliphatic rings. The zero-order valence-electron chi connectivity index (χ0n) is 6.22. The Morgan fingerprint density at radius 1 is 1.33 bits per heavy atom. The lowest BCUT2D eigenvalue weighted by Crippen LogP contribution is -2.11. The molecule has 0 nitrogen and oxygen atoms in total. The summed E-state index contributed by atoms with van der Waals surface area (Å²) in [4.78, 5) is 0. The van der Waals surface area contributed by atoms with Gasteiger partial charge in [0.2, 0.25) is 0 Å². The van der Waals surface area contributed by atoms with E-state index < -0.39 is 0 Å². The highest BCUT2D eigenvalue weighted by atomic mass is 32.2. The molecule has 0 aromatic rings. The van der Waals surface area contributed by atoms with Crippen molar-refractivity contribution in [3.63, 3.8) is 0 Å². The van der Waals surface area contributed by atoms with Crippen LogP contribution in [-0.2, 0) is 0 Å². The smallest absolute Gasteiger partial charge is 0.0369 e. The largest absolute Gasteiger partial charge is 0.166 e. The van der Waals surface area contributed by atoms with Crippen molar-refractivity contribution in [3.05, 3.63) is 0 Å². The second kappa shape index (κ2) is 4.69. The van der Waals surface area contributed by atoms with E-state index in [4.69, 9.17) is 0 Å². The van der Waals surface area contributed by atoms with Gasteiger partial charge in [-0.15, -0.1) is 0 Å². The van der Waals surface area contributed by atoms with Crippen LogP contribution in [-0.4, -0.2) is 13.9 Å². The van der Waals surface area contributed by atoms with Crippen molar-refractivity contribution in [1.29, 1.82) is 0 Å². The lowest BCUT2D eigenvalue weighted by molar-refractivity contribution is 0.685. The van der Waals surface area contributed by atoms with E-state index in [9.17, 15) is 0 Å². The molecular formula is C6H16S2Si. The normalized spacial score (nSPS) is 12.3. The van der Waals surface area contributed by atoms with Crippen molar-refractivity contribution in [2.75, 3.05) is 0 Å². The molecule has 0 heterocycles. The van der Waals surface area contributed by atoms with Crippen LogP contribution in [0.1, 0.15) is 32.6 Å². The molecule has 56 valence electrons. The van der Waals surface area contributed by atoms with Gasteiger partial charge in [0.05, 0.1) is 0 Å². The van der Waals surface area contributed by atoms with Gasteiger partial charge in [0.1, 0.15) is 0 Å². The van der Waals surface area contributed by atoms with Crippen molar-refractivity contribution in [3.8, 4) is 0 Å². The van der Waals surface area contributed by atoms with Crippen LogP contribution in [0.15, 0.2) is 0 Å². The van der Waals surface area contributed by atoms with Crippen molar-refractivity contribution >= 4 is 35.5 Å². The average Bonchev–Trinajstić information content (AvgIpc) is 1.63. The molecule has 0 rings (SSSR count). The van der Waals surface area contributed by atoms with E-state index in [2.05, 4.69) is 32.2 Å². The molecule has 0 saturated heterocycles. The maximum atomic E-state index is 4.35. The van der Waals surface area contributed by atoms with Crippen molar-refractivity contribution < 1.29 is 0 Å². The van der Waals surface area contributed by atoms with Gasteiger partial charge in [0, 0.05) is 13.9 Å². The highest BCUT2D eigenvalue weighted by Gasteiger charge is 2.10. The fraction of sp³-hybridized carbons (Fsp3) is 1.00. The van der Waals surface area contributed by atoms with Gasteiger partial charge in [0.15, 0.2) is 0 Å². The molecular weight excluding hydrogens is 164 g/mol. The molecule has 0 saturated carbocycles. The molecule has 0 unspecified atom stereocenters. The zero-order chi connectivity index (χ0) is 7.33. The van der Waals surface area contributed by atoms with Crippen LogP contribution in [0, 0.1) is 0 Å². The first-order chi connectivity index (χ1) is 4.06. The molecule has 0 aromatic heterocycles. The first kappa shape index (κ1) is 9.92. The molecule has 9 heavy (non-hydrogen) atoms. The van der Waals surface area contributed by atoms with Crippen LogP contribution in [0.4, 0.5) is 0 Å². The van der Waals surface area contributed by atoms with E-state index >= 15 is 0 Å². The Kier molecular flexibility index (Phi) is 5.17. The van der Waals surface area contributed by atoms with Crippen molar-refractivity contribution in [2.24, 2.45) is 0 Å². The van der Waals surface area contributed by atoms with Gasteiger partial charge in [-0.1, -0.05) is 26.2 Å². The van der Waals surface area contributed by atoms with Crippen LogP contribution < -0.4 is 0 Å². The quantitative estimate of drug-likeness (QED) is 0.278. The highest BCUT2D eigenvalue weighted by Crippen LogP contribution is 2.21. The molecule has 0 atom stereocenters. The second-order valence-electron chi connectivity index (χ2n) is 2.67. The number of hydrogen-bond donors (Lipinski definition) is 2. The molecule has 0 bridgehead atoms. The summed E-state index contributed by atoms with van der Waals surface area (Å²) in [6, 6.07) is 0. The average molecular weight is 180 g/mol. The second-order valence-corrected chi connectivity index (χ2v) is 8.39. The van der Waals surface area contributed by atoms with Crippen LogP contribution in [0.3, 0.4) is 0 Å². The first-order valence-electron chi connectivity index (χ1n) is 3.51. The third-order valence-electron chi connectivity index (χ3n) is 1.25. The fourth-order valence-corrected chi connectivity index (χ4v) is 1.38. The van der Waals surface area contributed by atoms with Crippen LogP contribution in [0.25, 0.3) is 0 Å². The van der Waals surface area contributed by atoms with Crippen molar-refractivity contribution in [2.45, 2.75) is 36.3 Å². The number of hydrogen-bond acceptors (Lipinski definition) is 2. The van der Waals surface area contributed by atoms with E-state index in [-0.39, 0.29) is 3.70 Å². The molecule has 0 aliphatic carbocycles. The summed E-state index contributed by atoms with van der Waals surface area (Å²) in [5.74, 6) is 0. The van der Waals surface area contributed by atoms with Crippen molar-refractivity contribution in [1.82, 2.24) is 0 Å². The first-order valence-corrected chi connectivity index (χ1v) is 5.40. The molecule has 3 heteroatoms. The summed E-state index contributed by atoms with van der Waals surface area (Å²) in [7, 11) is 1.07. The Hall–Kier alpha value is 0.917. The van der Waals surface area contributed by atoms with Gasteiger partial charge in [-0.05, 0) is 6.42 Å². The minimum absolute atomic E-state index is 0.0785. The van der Waals surface area contributed by atoms with Gasteiger partial charge in [-0.2, -0.15) is 25.3 Å². The Bertz CT molecular complexity index is 67.9. The maximum absolute atomic E-state index is 4.35. The van der Waals surface area contributed by atoms with E-state index in [1.807, 2.05) is 0 Å². The zero-order valence-corrected chi connectivity index (χ0v) is 10.0. The van der Waals surface area contributed by atoms with Gasteiger partial charge in [-0.25, -0.2) is 0 Å². The molecule has 0 aromatic carbocycles. The third kappa shape index (κ3) is 8.92. The summed E-state index contributed by atoms with van der Waals surface area (Å²) in [6.45, 7) is 2.21. The summed E-state index contributed by atoms with van der Waals surface area (Å²) in [5.41, 5.74) is 0. The summed E-state index contributed by atoms with van der Waals surface area (Å²) >= 11 is 8.71. The standard InChI is InChI=1S/C6H16S2Si/c1-2-3-4-5-6(7,8)9/h7-8H,2-5H2,1,9H3. The predicted molar refractivity (Wildman–Crippen MR) is 54.8 cm³/mol. The van der Waals surface area contributed by atoms with E-state index in [0.717, 1.165) is 10.2 Å². The number of unbranched alkanes of at least 4 members (excludes halogenated alkanes) is 2. The third-order valence-corrected chi connectivity index (χ3v) is 2.20. The Balaban J connectivity index is 3.07. The molecule has 0 N–H and O–H groups in total. The van der Waals surface area contributed by atoms with E-state index in [0.29, 0.717) is 0 Å². The summed E-state index contributed by atoms with van der Waals surface area (Å²) < 4.78 is 0.0785. The molecule has 0 amide bonds. The minimum Gasteiger partial charge on any atom is -0.166 e. The van der Waals surface area contributed by atoms with E-state index in [1.54, 1.807) is 0 Å². The summed E-state index contributed by atoms with van der Waals surface area (Å²) in [6.07, 6.45) is 5.07. The highest BCUT2D eigenvalue weighted by molar-refractivity contribution is 8.02. The van der Waals surface area contributed by atoms with Gasteiger partial charge in [0.25, 0.3) is 0 Å². The van der Waals surface area contributed by atoms with Gasteiger partial charge in [-0.3, -0.25) is 0 Å². The Labute approximate surface area is 72.0 Å². The lowest BCUT2D eigenvalue weighted by atomic mass is 10.2. The Morgan fingerprint density at radius 3 is 2.22 bits per heavy atom. The minimum atomic E-state index is 0.0785. The van der Waals surface area contributed by atoms with Crippen LogP contribution in [0.2, 0.25) is 0 Å². The molecule has 0 radical (unpaired) electrons. The fourth-order valence-electron chi connectivity index (χ4n) is 0.710.